The van der Waals surface area contributed by atoms with Gasteiger partial charge < -0.3 is 24.8 Å². The lowest BCUT2D eigenvalue weighted by Crippen LogP contribution is -2.31. The number of allylic oxidation sites excluding steroid dienone is 1. The van der Waals surface area contributed by atoms with E-state index in [1.807, 2.05) is 68.4 Å². The van der Waals surface area contributed by atoms with E-state index in [1.165, 1.54) is 11.8 Å². The zero-order valence-electron chi connectivity index (χ0n) is 26.1. The molecule has 45 heavy (non-hydrogen) atoms. The van der Waals surface area contributed by atoms with Gasteiger partial charge in [0.25, 0.3) is 5.91 Å². The first-order chi connectivity index (χ1) is 21.8. The lowest BCUT2D eigenvalue weighted by molar-refractivity contribution is -0.113. The second-order valence-corrected chi connectivity index (χ2v) is 12.3. The Hall–Kier alpha value is -4.15. The number of anilines is 2. The standard InChI is InChI=1S/C34H38ClN5O4S/c1-6-43-29-19-23(15-16-28(29)44-18-17-21(2)3)31-30(32(41)37-26-13-9-10-14-27(26)42-5)22(4)36-33-38-34(39-40(31)33)45-20-24-11-7-8-12-25(24)35/h7-16,19,21,31H,6,17-18,20H2,1-5H3,(H,37,41)(H,36,38,39). The number of amides is 1. The predicted molar refractivity (Wildman–Crippen MR) is 180 cm³/mol. The highest BCUT2D eigenvalue weighted by molar-refractivity contribution is 7.98. The van der Waals surface area contributed by atoms with E-state index in [0.29, 0.717) is 75.2 Å². The molecule has 1 atom stereocenters. The molecule has 1 amide bonds. The SMILES string of the molecule is CCOc1cc(C2C(C(=O)Nc3ccccc3OC)=C(C)Nc3nc(SCc4ccccc4Cl)nn32)ccc1OCCC(C)C. The summed E-state index contributed by atoms with van der Waals surface area (Å²) in [5, 5.41) is 12.5. The van der Waals surface area contributed by atoms with Crippen LogP contribution in [0.4, 0.5) is 11.6 Å². The van der Waals surface area contributed by atoms with Crippen molar-refractivity contribution in [2.75, 3.05) is 31.0 Å². The molecule has 1 aromatic heterocycles. The third-order valence-electron chi connectivity index (χ3n) is 7.28. The maximum atomic E-state index is 14.1. The van der Waals surface area contributed by atoms with Gasteiger partial charge in [0.1, 0.15) is 11.8 Å². The highest BCUT2D eigenvalue weighted by Gasteiger charge is 2.35. The highest BCUT2D eigenvalue weighted by atomic mass is 35.5. The third-order valence-corrected chi connectivity index (χ3v) is 8.54. The highest BCUT2D eigenvalue weighted by Crippen LogP contribution is 2.41. The topological polar surface area (TPSA) is 99.5 Å². The predicted octanol–water partition coefficient (Wildman–Crippen LogP) is 7.98. The summed E-state index contributed by atoms with van der Waals surface area (Å²) >= 11 is 7.88. The van der Waals surface area contributed by atoms with Crippen LogP contribution in [0.3, 0.4) is 0 Å². The van der Waals surface area contributed by atoms with Crippen molar-refractivity contribution >= 4 is 40.9 Å². The lowest BCUT2D eigenvalue weighted by Gasteiger charge is -2.29. The molecular weight excluding hydrogens is 610 g/mol. The quantitative estimate of drug-likeness (QED) is 0.141. The van der Waals surface area contributed by atoms with Crippen molar-refractivity contribution in [1.82, 2.24) is 14.8 Å². The number of methoxy groups -OCH3 is 1. The van der Waals surface area contributed by atoms with Gasteiger partial charge in [-0.3, -0.25) is 4.79 Å². The van der Waals surface area contributed by atoms with Crippen molar-refractivity contribution in [3.63, 3.8) is 0 Å². The first kappa shape index (κ1) is 32.2. The van der Waals surface area contributed by atoms with Gasteiger partial charge in [-0.2, -0.15) is 4.98 Å². The van der Waals surface area contributed by atoms with E-state index < -0.39 is 6.04 Å². The number of aromatic nitrogens is 3. The zero-order chi connectivity index (χ0) is 31.9. The maximum absolute atomic E-state index is 14.1. The molecular formula is C34H38ClN5O4S. The molecule has 9 nitrogen and oxygen atoms in total. The summed E-state index contributed by atoms with van der Waals surface area (Å²) in [7, 11) is 1.57. The van der Waals surface area contributed by atoms with Crippen LogP contribution in [0.15, 0.2) is 83.2 Å². The smallest absolute Gasteiger partial charge is 0.255 e. The van der Waals surface area contributed by atoms with E-state index in [-0.39, 0.29) is 5.91 Å². The largest absolute Gasteiger partial charge is 0.495 e. The summed E-state index contributed by atoms with van der Waals surface area (Å²) in [6.07, 6.45) is 0.924. The minimum absolute atomic E-state index is 0.295. The van der Waals surface area contributed by atoms with Crippen molar-refractivity contribution < 1.29 is 19.0 Å². The second kappa shape index (κ2) is 14.8. The summed E-state index contributed by atoms with van der Waals surface area (Å²) in [5.41, 5.74) is 3.49. The van der Waals surface area contributed by atoms with Crippen LogP contribution in [0.2, 0.25) is 5.02 Å². The van der Waals surface area contributed by atoms with Gasteiger partial charge in [-0.15, -0.1) is 5.10 Å². The van der Waals surface area contributed by atoms with Crippen molar-refractivity contribution in [2.45, 2.75) is 51.1 Å². The molecule has 0 radical (unpaired) electrons. The van der Waals surface area contributed by atoms with E-state index in [0.717, 1.165) is 17.5 Å². The Balaban J connectivity index is 1.53. The van der Waals surface area contributed by atoms with Gasteiger partial charge in [-0.1, -0.05) is 73.6 Å². The van der Waals surface area contributed by atoms with Crippen molar-refractivity contribution in [2.24, 2.45) is 5.92 Å². The molecule has 5 rings (SSSR count). The first-order valence-corrected chi connectivity index (χ1v) is 16.3. The molecule has 1 aliphatic heterocycles. The minimum Gasteiger partial charge on any atom is -0.495 e. The van der Waals surface area contributed by atoms with Gasteiger partial charge in [-0.05, 0) is 67.6 Å². The lowest BCUT2D eigenvalue weighted by atomic mass is 9.94. The number of fused-ring (bicyclic) bond motifs is 1. The molecule has 3 aromatic carbocycles. The Morgan fingerprint density at radius 3 is 2.60 bits per heavy atom. The van der Waals surface area contributed by atoms with E-state index in [1.54, 1.807) is 23.9 Å². The van der Waals surface area contributed by atoms with Gasteiger partial charge in [0.05, 0.1) is 31.6 Å². The Bertz CT molecular complexity index is 1690. The van der Waals surface area contributed by atoms with Gasteiger partial charge >= 0.3 is 0 Å². The number of thioether (sulfide) groups is 1. The number of halogens is 1. The van der Waals surface area contributed by atoms with E-state index in [4.69, 9.17) is 35.9 Å². The molecule has 236 valence electrons. The number of nitrogens with zero attached hydrogens (tertiary/aromatic N) is 3. The van der Waals surface area contributed by atoms with Gasteiger partial charge in [0.2, 0.25) is 11.1 Å². The van der Waals surface area contributed by atoms with Crippen LogP contribution in [0.5, 0.6) is 17.2 Å². The number of carbonyl (C=O) groups is 1. The zero-order valence-corrected chi connectivity index (χ0v) is 27.7. The van der Waals surface area contributed by atoms with Crippen LogP contribution < -0.4 is 24.8 Å². The number of hydrogen-bond donors (Lipinski definition) is 2. The third kappa shape index (κ3) is 7.57. The number of ether oxygens (including phenoxy) is 3. The monoisotopic (exact) mass is 647 g/mol. The molecule has 2 N–H and O–H groups in total. The van der Waals surface area contributed by atoms with Crippen molar-refractivity contribution in [3.8, 4) is 17.2 Å². The summed E-state index contributed by atoms with van der Waals surface area (Å²) < 4.78 is 19.4. The Morgan fingerprint density at radius 1 is 1.07 bits per heavy atom. The van der Waals surface area contributed by atoms with Crippen molar-refractivity contribution in [3.05, 3.63) is 94.1 Å². The average Bonchev–Trinajstić information content (AvgIpc) is 3.43. The summed E-state index contributed by atoms with van der Waals surface area (Å²) in [6.45, 7) is 9.17. The van der Waals surface area contributed by atoms with Crippen LogP contribution >= 0.6 is 23.4 Å². The number of hydrogen-bond acceptors (Lipinski definition) is 8. The van der Waals surface area contributed by atoms with Crippen LogP contribution in [0.1, 0.15) is 51.3 Å². The maximum Gasteiger partial charge on any atom is 0.255 e. The second-order valence-electron chi connectivity index (χ2n) is 10.9. The van der Waals surface area contributed by atoms with E-state index in [2.05, 4.69) is 24.5 Å². The van der Waals surface area contributed by atoms with Gasteiger partial charge in [-0.25, -0.2) is 4.68 Å². The molecule has 2 heterocycles. The number of nitrogens with one attached hydrogen (secondary N) is 2. The molecule has 1 unspecified atom stereocenters. The summed E-state index contributed by atoms with van der Waals surface area (Å²) in [6, 6.07) is 20.2. The Morgan fingerprint density at radius 2 is 1.84 bits per heavy atom. The number of carbonyl (C=O) groups excluding carboxylic acids is 1. The summed E-state index contributed by atoms with van der Waals surface area (Å²) in [4.78, 5) is 18.9. The molecule has 0 bridgehead atoms. The molecule has 0 aliphatic carbocycles. The molecule has 0 spiro atoms. The fourth-order valence-electron chi connectivity index (χ4n) is 4.98. The molecule has 4 aromatic rings. The Labute approximate surface area is 273 Å². The number of rotatable bonds is 13. The van der Waals surface area contributed by atoms with Crippen LogP contribution in [0, 0.1) is 5.92 Å². The first-order valence-electron chi connectivity index (χ1n) is 14.9. The minimum atomic E-state index is -0.609. The normalized spacial score (nSPS) is 14.2. The molecule has 0 saturated heterocycles. The van der Waals surface area contributed by atoms with E-state index in [9.17, 15) is 4.79 Å². The molecule has 0 saturated carbocycles. The average molecular weight is 648 g/mol. The van der Waals surface area contributed by atoms with E-state index >= 15 is 0 Å². The van der Waals surface area contributed by atoms with Crippen LogP contribution in [-0.4, -0.2) is 41.0 Å². The van der Waals surface area contributed by atoms with Gasteiger partial charge in [0.15, 0.2) is 11.5 Å². The van der Waals surface area contributed by atoms with Crippen molar-refractivity contribution in [1.29, 1.82) is 0 Å². The fraction of sp³-hybridized carbons (Fsp3) is 0.324. The van der Waals surface area contributed by atoms with Gasteiger partial charge in [0, 0.05) is 16.5 Å². The molecule has 1 aliphatic rings. The Kier molecular flexibility index (Phi) is 10.6. The molecule has 11 heteroatoms. The number of para-hydroxylation sites is 2. The van der Waals surface area contributed by atoms with Crippen LogP contribution in [-0.2, 0) is 10.5 Å². The summed E-state index contributed by atoms with van der Waals surface area (Å²) in [5.74, 6) is 3.17. The molecule has 0 fully saturated rings. The number of benzene rings is 3. The fourth-order valence-corrected chi connectivity index (χ4v) is 6.09. The van der Waals surface area contributed by atoms with Crippen LogP contribution in [0.25, 0.3) is 0 Å².